The highest BCUT2D eigenvalue weighted by atomic mass is 32.2. The minimum absolute atomic E-state index is 0.0154. The summed E-state index contributed by atoms with van der Waals surface area (Å²) in [4.78, 5) is 34.9. The molecule has 10 heteroatoms. The van der Waals surface area contributed by atoms with E-state index >= 15 is 0 Å². The molecule has 0 spiro atoms. The van der Waals surface area contributed by atoms with Gasteiger partial charge in [0.05, 0.1) is 19.6 Å². The summed E-state index contributed by atoms with van der Waals surface area (Å²) in [5.41, 5.74) is 0. The number of nitrogens with one attached hydrogen (secondary N) is 1. The molecule has 1 rings (SSSR count). The molecule has 1 N–H and O–H groups in total. The lowest BCUT2D eigenvalue weighted by Gasteiger charge is -2.11. The number of nitrogens with zero attached hydrogens (tertiary/aromatic N) is 2. The van der Waals surface area contributed by atoms with Crippen molar-refractivity contribution in [3.63, 3.8) is 0 Å². The van der Waals surface area contributed by atoms with Crippen LogP contribution in [0.5, 0.6) is 0 Å². The van der Waals surface area contributed by atoms with Crippen LogP contribution in [0.3, 0.4) is 0 Å². The van der Waals surface area contributed by atoms with Crippen molar-refractivity contribution in [1.29, 1.82) is 0 Å². The van der Waals surface area contributed by atoms with Crippen molar-refractivity contribution in [2.75, 3.05) is 18.5 Å². The van der Waals surface area contributed by atoms with E-state index in [9.17, 15) is 14.4 Å². The molecule has 1 unspecified atom stereocenters. The minimum Gasteiger partial charge on any atom is -0.466 e. The number of anilines is 1. The summed E-state index contributed by atoms with van der Waals surface area (Å²) < 4.78 is 10.4. The third-order valence-electron chi connectivity index (χ3n) is 2.86. The first kappa shape index (κ1) is 21.4. The van der Waals surface area contributed by atoms with Gasteiger partial charge in [0.25, 0.3) is 0 Å². The SMILES string of the molecule is CCCC(Sc1nnc(NC(=O)CCC(=O)OCC)s1)C(=O)OCC. The van der Waals surface area contributed by atoms with E-state index in [1.807, 2.05) is 6.92 Å². The molecular formula is C15H23N3O5S2. The van der Waals surface area contributed by atoms with Gasteiger partial charge < -0.3 is 14.8 Å². The van der Waals surface area contributed by atoms with Crippen molar-refractivity contribution < 1.29 is 23.9 Å². The fourth-order valence-electron chi connectivity index (χ4n) is 1.78. The van der Waals surface area contributed by atoms with Crippen LogP contribution in [0.15, 0.2) is 4.34 Å². The fourth-order valence-corrected chi connectivity index (χ4v) is 3.90. The van der Waals surface area contributed by atoms with E-state index in [2.05, 4.69) is 15.5 Å². The molecule has 0 aliphatic carbocycles. The second-order valence-corrected chi connectivity index (χ2v) is 7.30. The van der Waals surface area contributed by atoms with Gasteiger partial charge >= 0.3 is 11.9 Å². The van der Waals surface area contributed by atoms with Crippen LogP contribution in [0.1, 0.15) is 46.5 Å². The second kappa shape index (κ2) is 11.8. The summed E-state index contributed by atoms with van der Waals surface area (Å²) in [6.07, 6.45) is 1.54. The normalized spacial score (nSPS) is 11.6. The Kier molecular flexibility index (Phi) is 10.1. The lowest BCUT2D eigenvalue weighted by Crippen LogP contribution is -2.20. The van der Waals surface area contributed by atoms with E-state index in [1.165, 1.54) is 23.1 Å². The van der Waals surface area contributed by atoms with E-state index < -0.39 is 5.97 Å². The van der Waals surface area contributed by atoms with Crippen LogP contribution in [0.2, 0.25) is 0 Å². The highest BCUT2D eigenvalue weighted by Crippen LogP contribution is 2.31. The first-order valence-corrected chi connectivity index (χ1v) is 9.81. The Morgan fingerprint density at radius 2 is 1.84 bits per heavy atom. The Bertz CT molecular complexity index is 579. The van der Waals surface area contributed by atoms with Crippen LogP contribution in [-0.4, -0.2) is 46.5 Å². The summed E-state index contributed by atoms with van der Waals surface area (Å²) in [6, 6.07) is 0. The van der Waals surface area contributed by atoms with Gasteiger partial charge in [-0.3, -0.25) is 14.4 Å². The van der Waals surface area contributed by atoms with Crippen LogP contribution in [0.25, 0.3) is 0 Å². The van der Waals surface area contributed by atoms with Crippen molar-refractivity contribution in [2.24, 2.45) is 0 Å². The molecule has 1 heterocycles. The van der Waals surface area contributed by atoms with Crippen molar-refractivity contribution in [3.8, 4) is 0 Å². The first-order valence-electron chi connectivity index (χ1n) is 8.12. The van der Waals surface area contributed by atoms with Crippen molar-refractivity contribution in [3.05, 3.63) is 0 Å². The number of carbonyl (C=O) groups excluding carboxylic acids is 3. The zero-order valence-corrected chi connectivity index (χ0v) is 16.2. The number of hydrogen-bond acceptors (Lipinski definition) is 9. The van der Waals surface area contributed by atoms with Gasteiger partial charge in [0.15, 0.2) is 4.34 Å². The van der Waals surface area contributed by atoms with E-state index in [4.69, 9.17) is 9.47 Å². The summed E-state index contributed by atoms with van der Waals surface area (Å²) in [5.74, 6) is -1.02. The standard InChI is InChI=1S/C15H23N3O5S2/c1-4-7-10(13(21)23-6-3)24-15-18-17-14(25-15)16-11(19)8-9-12(20)22-5-2/h10H,4-9H2,1-3H3,(H,16,17,19). The predicted molar refractivity (Wildman–Crippen MR) is 95.6 cm³/mol. The summed E-state index contributed by atoms with van der Waals surface area (Å²) in [6.45, 7) is 6.08. The third-order valence-corrected chi connectivity index (χ3v) is 5.03. The highest BCUT2D eigenvalue weighted by molar-refractivity contribution is 8.02. The van der Waals surface area contributed by atoms with E-state index in [1.54, 1.807) is 13.8 Å². The number of thioether (sulfide) groups is 1. The molecule has 0 aromatic carbocycles. The number of carbonyl (C=O) groups is 3. The first-order chi connectivity index (χ1) is 12.0. The second-order valence-electron chi connectivity index (χ2n) is 4.87. The topological polar surface area (TPSA) is 107 Å². The van der Waals surface area contributed by atoms with Gasteiger partial charge in [-0.05, 0) is 20.3 Å². The average molecular weight is 389 g/mol. The number of aromatic nitrogens is 2. The van der Waals surface area contributed by atoms with Gasteiger partial charge in [0.1, 0.15) is 5.25 Å². The summed E-state index contributed by atoms with van der Waals surface area (Å²) in [5, 5.41) is 10.4. The Morgan fingerprint density at radius 3 is 2.48 bits per heavy atom. The van der Waals surface area contributed by atoms with E-state index in [0.29, 0.717) is 22.5 Å². The number of ether oxygens (including phenoxy) is 2. The maximum atomic E-state index is 11.9. The number of amides is 1. The molecule has 1 aromatic heterocycles. The lowest BCUT2D eigenvalue weighted by atomic mass is 10.2. The number of rotatable bonds is 11. The molecule has 0 fully saturated rings. The molecular weight excluding hydrogens is 366 g/mol. The number of hydrogen-bond donors (Lipinski definition) is 1. The van der Waals surface area contributed by atoms with Crippen molar-refractivity contribution in [2.45, 2.75) is 56.0 Å². The maximum absolute atomic E-state index is 11.9. The third kappa shape index (κ3) is 8.30. The molecule has 140 valence electrons. The molecule has 8 nitrogen and oxygen atoms in total. The van der Waals surface area contributed by atoms with Crippen LogP contribution in [0, 0.1) is 0 Å². The van der Waals surface area contributed by atoms with E-state index in [-0.39, 0.29) is 36.6 Å². The molecule has 0 aliphatic rings. The summed E-state index contributed by atoms with van der Waals surface area (Å²) >= 11 is 2.46. The summed E-state index contributed by atoms with van der Waals surface area (Å²) in [7, 11) is 0. The zero-order valence-electron chi connectivity index (χ0n) is 14.6. The van der Waals surface area contributed by atoms with Gasteiger partial charge in [-0.2, -0.15) is 0 Å². The van der Waals surface area contributed by atoms with Crippen molar-refractivity contribution >= 4 is 46.1 Å². The Labute approximate surface area is 155 Å². The van der Waals surface area contributed by atoms with Gasteiger partial charge in [0, 0.05) is 6.42 Å². The Hall–Kier alpha value is -1.68. The molecule has 0 bridgehead atoms. The molecule has 0 saturated heterocycles. The zero-order chi connectivity index (χ0) is 18.7. The van der Waals surface area contributed by atoms with Gasteiger partial charge in [-0.15, -0.1) is 10.2 Å². The molecule has 0 aliphatic heterocycles. The quantitative estimate of drug-likeness (QED) is 0.350. The van der Waals surface area contributed by atoms with Crippen LogP contribution in [0.4, 0.5) is 5.13 Å². The highest BCUT2D eigenvalue weighted by Gasteiger charge is 2.22. The molecule has 1 atom stereocenters. The molecule has 0 radical (unpaired) electrons. The minimum atomic E-state index is -0.414. The monoisotopic (exact) mass is 389 g/mol. The lowest BCUT2D eigenvalue weighted by molar-refractivity contribution is -0.144. The molecule has 1 amide bonds. The van der Waals surface area contributed by atoms with E-state index in [0.717, 1.165) is 6.42 Å². The smallest absolute Gasteiger partial charge is 0.319 e. The van der Waals surface area contributed by atoms with Crippen LogP contribution >= 0.6 is 23.1 Å². The maximum Gasteiger partial charge on any atom is 0.319 e. The predicted octanol–water partition coefficient (Wildman–Crippen LogP) is 2.64. The molecule has 1 aromatic rings. The van der Waals surface area contributed by atoms with Gasteiger partial charge in [-0.1, -0.05) is 36.4 Å². The number of esters is 2. The van der Waals surface area contributed by atoms with Crippen LogP contribution in [-0.2, 0) is 23.9 Å². The van der Waals surface area contributed by atoms with Gasteiger partial charge in [0.2, 0.25) is 11.0 Å². The molecule has 0 saturated carbocycles. The van der Waals surface area contributed by atoms with Gasteiger partial charge in [-0.25, -0.2) is 0 Å². The van der Waals surface area contributed by atoms with Crippen molar-refractivity contribution in [1.82, 2.24) is 10.2 Å². The average Bonchev–Trinajstić information content (AvgIpc) is 3.00. The van der Waals surface area contributed by atoms with Crippen LogP contribution < -0.4 is 5.32 Å². The Balaban J connectivity index is 2.52. The fraction of sp³-hybridized carbons (Fsp3) is 0.667. The Morgan fingerprint density at radius 1 is 1.12 bits per heavy atom. The largest absolute Gasteiger partial charge is 0.466 e. The molecule has 25 heavy (non-hydrogen) atoms.